The van der Waals surface area contributed by atoms with Gasteiger partial charge < -0.3 is 14.3 Å². The normalized spacial score (nSPS) is 10.5. The molecular weight excluding hydrogens is 271 g/mol. The highest BCUT2D eigenvalue weighted by atomic mass is 19.1. The lowest BCUT2D eigenvalue weighted by Gasteiger charge is -2.08. The summed E-state index contributed by atoms with van der Waals surface area (Å²) in [4.78, 5) is 12.1. The van der Waals surface area contributed by atoms with Crippen molar-refractivity contribution < 1.29 is 13.6 Å². The molecule has 5 heteroatoms. The van der Waals surface area contributed by atoms with Crippen LogP contribution in [0.5, 0.6) is 0 Å². The van der Waals surface area contributed by atoms with Crippen molar-refractivity contribution in [3.63, 3.8) is 0 Å². The number of nitrogens with one attached hydrogen (secondary N) is 1. The van der Waals surface area contributed by atoms with Gasteiger partial charge in [-0.3, -0.25) is 4.79 Å². The summed E-state index contributed by atoms with van der Waals surface area (Å²) in [5.74, 6) is 0.00434. The van der Waals surface area contributed by atoms with Gasteiger partial charge in [0.25, 0.3) is 5.91 Å². The number of rotatable bonds is 4. The molecule has 0 unspecified atom stereocenters. The van der Waals surface area contributed by atoms with Crippen LogP contribution >= 0.6 is 0 Å². The van der Waals surface area contributed by atoms with Gasteiger partial charge in [-0.15, -0.1) is 0 Å². The predicted molar refractivity (Wildman–Crippen MR) is 75.6 cm³/mol. The highest BCUT2D eigenvalue weighted by Gasteiger charge is 2.11. The molecule has 106 valence electrons. The van der Waals surface area contributed by atoms with Crippen molar-refractivity contribution in [2.75, 3.05) is 0 Å². The molecule has 1 N–H and O–H groups in total. The molecule has 1 aromatic carbocycles. The fraction of sp³-hybridized carbons (Fsp3) is 0.0625. The zero-order chi connectivity index (χ0) is 14.7. The molecule has 0 aliphatic rings. The van der Waals surface area contributed by atoms with Gasteiger partial charge in [0.1, 0.15) is 11.6 Å². The third-order valence-electron chi connectivity index (χ3n) is 3.09. The van der Waals surface area contributed by atoms with E-state index < -0.39 is 0 Å². The van der Waals surface area contributed by atoms with Crippen molar-refractivity contribution in [3.05, 3.63) is 78.3 Å². The average molecular weight is 284 g/mol. The Hall–Kier alpha value is -2.82. The lowest BCUT2D eigenvalue weighted by Crippen LogP contribution is -2.22. The molecule has 0 fully saturated rings. The number of hydrogen-bond donors (Lipinski definition) is 1. The summed E-state index contributed by atoms with van der Waals surface area (Å²) < 4.78 is 20.6. The second kappa shape index (κ2) is 5.66. The molecule has 0 radical (unpaired) electrons. The molecular formula is C16H13FN2O2. The van der Waals surface area contributed by atoms with Gasteiger partial charge in [-0.1, -0.05) is 0 Å². The lowest BCUT2D eigenvalue weighted by atomic mass is 10.1. The topological polar surface area (TPSA) is 47.2 Å². The minimum Gasteiger partial charge on any atom is -0.467 e. The second-order valence-corrected chi connectivity index (χ2v) is 4.52. The maximum atomic E-state index is 13.8. The number of carbonyl (C=O) groups excluding carboxylic acids is 1. The van der Waals surface area contributed by atoms with E-state index in [-0.39, 0.29) is 11.7 Å². The fourth-order valence-corrected chi connectivity index (χ4v) is 2.03. The smallest absolute Gasteiger partial charge is 0.251 e. The predicted octanol–water partition coefficient (Wildman–Crippen LogP) is 3.14. The molecule has 3 aromatic rings. The largest absolute Gasteiger partial charge is 0.467 e. The van der Waals surface area contributed by atoms with Gasteiger partial charge >= 0.3 is 0 Å². The molecule has 0 aliphatic carbocycles. The van der Waals surface area contributed by atoms with E-state index in [1.807, 2.05) is 0 Å². The summed E-state index contributed by atoms with van der Waals surface area (Å²) in [5.41, 5.74) is 0.734. The van der Waals surface area contributed by atoms with Crippen molar-refractivity contribution in [2.24, 2.45) is 0 Å². The van der Waals surface area contributed by atoms with Gasteiger partial charge in [0.15, 0.2) is 0 Å². The van der Waals surface area contributed by atoms with Crippen LogP contribution < -0.4 is 5.32 Å². The van der Waals surface area contributed by atoms with Crippen LogP contribution in [0, 0.1) is 5.82 Å². The van der Waals surface area contributed by atoms with E-state index >= 15 is 0 Å². The maximum Gasteiger partial charge on any atom is 0.251 e. The van der Waals surface area contributed by atoms with Crippen LogP contribution in [-0.4, -0.2) is 10.5 Å². The summed E-state index contributed by atoms with van der Waals surface area (Å²) in [5, 5.41) is 2.73. The second-order valence-electron chi connectivity index (χ2n) is 4.52. The molecule has 0 saturated heterocycles. The molecule has 3 rings (SSSR count). The Labute approximate surface area is 120 Å². The highest BCUT2D eigenvalue weighted by molar-refractivity contribution is 5.94. The first-order chi connectivity index (χ1) is 10.2. The van der Waals surface area contributed by atoms with Crippen molar-refractivity contribution in [1.82, 2.24) is 9.88 Å². The van der Waals surface area contributed by atoms with E-state index in [0.29, 0.717) is 23.6 Å². The molecule has 0 spiro atoms. The molecule has 21 heavy (non-hydrogen) atoms. The number of furan rings is 1. The van der Waals surface area contributed by atoms with Crippen LogP contribution in [0.3, 0.4) is 0 Å². The molecule has 1 amide bonds. The Morgan fingerprint density at radius 1 is 1.19 bits per heavy atom. The third-order valence-corrected chi connectivity index (χ3v) is 3.09. The van der Waals surface area contributed by atoms with E-state index in [9.17, 15) is 9.18 Å². The first-order valence-electron chi connectivity index (χ1n) is 6.47. The Bertz CT molecular complexity index is 734. The summed E-state index contributed by atoms with van der Waals surface area (Å²) in [6.07, 6.45) is 5.00. The zero-order valence-electron chi connectivity index (χ0n) is 11.1. The number of benzene rings is 1. The number of aromatic nitrogens is 1. The minimum absolute atomic E-state index is 0.278. The summed E-state index contributed by atoms with van der Waals surface area (Å²) in [6, 6.07) is 11.4. The Balaban J connectivity index is 1.79. The number of halogens is 1. The Morgan fingerprint density at radius 3 is 2.71 bits per heavy atom. The van der Waals surface area contributed by atoms with Crippen LogP contribution in [0.15, 0.2) is 65.5 Å². The van der Waals surface area contributed by atoms with Gasteiger partial charge in [-0.25, -0.2) is 4.39 Å². The summed E-state index contributed by atoms with van der Waals surface area (Å²) in [6.45, 7) is 0.294. The Kier molecular flexibility index (Phi) is 3.55. The van der Waals surface area contributed by atoms with E-state index in [0.717, 1.165) is 0 Å². The number of amides is 1. The summed E-state index contributed by atoms with van der Waals surface area (Å²) >= 11 is 0. The first kappa shape index (κ1) is 13.2. The SMILES string of the molecule is O=C(NCc1ccco1)c1ccc(F)c(-n2cccc2)c1. The van der Waals surface area contributed by atoms with Crippen LogP contribution in [0.2, 0.25) is 0 Å². The van der Waals surface area contributed by atoms with Crippen LogP contribution in [0.4, 0.5) is 4.39 Å². The molecule has 0 bridgehead atoms. The summed E-state index contributed by atoms with van der Waals surface area (Å²) in [7, 11) is 0. The molecule has 4 nitrogen and oxygen atoms in total. The van der Waals surface area contributed by atoms with Crippen LogP contribution in [0.25, 0.3) is 5.69 Å². The van der Waals surface area contributed by atoms with Gasteiger partial charge in [0.2, 0.25) is 0 Å². The number of hydrogen-bond acceptors (Lipinski definition) is 2. The molecule has 2 heterocycles. The molecule has 0 atom stereocenters. The average Bonchev–Trinajstić information content (AvgIpc) is 3.18. The first-order valence-corrected chi connectivity index (χ1v) is 6.47. The van der Waals surface area contributed by atoms with Crippen molar-refractivity contribution >= 4 is 5.91 Å². The number of carbonyl (C=O) groups is 1. The van der Waals surface area contributed by atoms with Crippen molar-refractivity contribution in [1.29, 1.82) is 0 Å². The zero-order valence-corrected chi connectivity index (χ0v) is 11.1. The van der Waals surface area contributed by atoms with Crippen LogP contribution in [-0.2, 0) is 6.54 Å². The molecule has 2 aromatic heterocycles. The van der Waals surface area contributed by atoms with Crippen LogP contribution in [0.1, 0.15) is 16.1 Å². The standard InChI is InChI=1S/C16H13FN2O2/c17-14-6-5-12(10-15(14)19-7-1-2-8-19)16(20)18-11-13-4-3-9-21-13/h1-10H,11H2,(H,18,20). The maximum absolute atomic E-state index is 13.8. The molecule has 0 aliphatic heterocycles. The van der Waals surface area contributed by atoms with E-state index in [1.54, 1.807) is 47.5 Å². The van der Waals surface area contributed by atoms with E-state index in [2.05, 4.69) is 5.32 Å². The van der Waals surface area contributed by atoms with Gasteiger partial charge in [-0.05, 0) is 42.5 Å². The highest BCUT2D eigenvalue weighted by Crippen LogP contribution is 2.16. The number of nitrogens with zero attached hydrogens (tertiary/aromatic N) is 1. The lowest BCUT2D eigenvalue weighted by molar-refractivity contribution is 0.0948. The van der Waals surface area contributed by atoms with Gasteiger partial charge in [-0.2, -0.15) is 0 Å². The quantitative estimate of drug-likeness (QED) is 0.800. The van der Waals surface area contributed by atoms with E-state index in [1.165, 1.54) is 18.2 Å². The third kappa shape index (κ3) is 2.86. The van der Waals surface area contributed by atoms with E-state index in [4.69, 9.17) is 4.42 Å². The fourth-order valence-electron chi connectivity index (χ4n) is 2.03. The molecule has 0 saturated carbocycles. The van der Waals surface area contributed by atoms with Gasteiger partial charge in [0, 0.05) is 18.0 Å². The monoisotopic (exact) mass is 284 g/mol. The van der Waals surface area contributed by atoms with Crippen molar-refractivity contribution in [2.45, 2.75) is 6.54 Å². The van der Waals surface area contributed by atoms with Crippen molar-refractivity contribution in [3.8, 4) is 5.69 Å². The Morgan fingerprint density at radius 2 is 2.00 bits per heavy atom. The van der Waals surface area contributed by atoms with Gasteiger partial charge in [0.05, 0.1) is 18.5 Å². The minimum atomic E-state index is -0.381.